The number of ketones is 1. The quantitative estimate of drug-likeness (QED) is 0.372. The molecular formula is C26H29NO4. The number of nitrogens with zero attached hydrogens (tertiary/aromatic N) is 1. The summed E-state index contributed by atoms with van der Waals surface area (Å²) in [6, 6.07) is 14.6. The van der Waals surface area contributed by atoms with Crippen molar-refractivity contribution < 1.29 is 19.1 Å². The van der Waals surface area contributed by atoms with Gasteiger partial charge in [0.1, 0.15) is 11.5 Å². The molecule has 1 aliphatic carbocycles. The van der Waals surface area contributed by atoms with Crippen LogP contribution in [0.5, 0.6) is 11.5 Å². The fourth-order valence-electron chi connectivity index (χ4n) is 3.68. The molecule has 5 nitrogen and oxygen atoms in total. The highest BCUT2D eigenvalue weighted by Gasteiger charge is 2.26. The molecule has 0 spiro atoms. The van der Waals surface area contributed by atoms with Crippen LogP contribution in [0, 0.1) is 5.92 Å². The fourth-order valence-corrected chi connectivity index (χ4v) is 3.68. The predicted molar refractivity (Wildman–Crippen MR) is 123 cm³/mol. The second-order valence-electron chi connectivity index (χ2n) is 7.98. The van der Waals surface area contributed by atoms with Crippen molar-refractivity contribution in [3.63, 3.8) is 0 Å². The smallest absolute Gasteiger partial charge is 0.336 e. The minimum atomic E-state index is -0.448. The van der Waals surface area contributed by atoms with Crippen LogP contribution in [0.4, 0.5) is 0 Å². The Morgan fingerprint density at radius 1 is 1.03 bits per heavy atom. The SMILES string of the molecule is COc1ccc(/C=C/C(=O)Oc2ccc(/C=C3\CCCC(CN(C)C)C3=O)cc2)cc1. The summed E-state index contributed by atoms with van der Waals surface area (Å²) in [5.74, 6) is 1.10. The van der Waals surface area contributed by atoms with Crippen molar-refractivity contribution in [3.8, 4) is 11.5 Å². The average molecular weight is 420 g/mol. The minimum Gasteiger partial charge on any atom is -0.497 e. The van der Waals surface area contributed by atoms with Gasteiger partial charge in [-0.1, -0.05) is 24.3 Å². The highest BCUT2D eigenvalue weighted by Crippen LogP contribution is 2.27. The molecular weight excluding hydrogens is 390 g/mol. The largest absolute Gasteiger partial charge is 0.497 e. The molecule has 31 heavy (non-hydrogen) atoms. The monoisotopic (exact) mass is 419 g/mol. The van der Waals surface area contributed by atoms with E-state index in [-0.39, 0.29) is 11.7 Å². The molecule has 0 saturated heterocycles. The topological polar surface area (TPSA) is 55.8 Å². The van der Waals surface area contributed by atoms with Gasteiger partial charge in [0.05, 0.1) is 7.11 Å². The first-order valence-corrected chi connectivity index (χ1v) is 10.5. The van der Waals surface area contributed by atoms with Gasteiger partial charge in [-0.3, -0.25) is 4.79 Å². The molecule has 0 aliphatic heterocycles. The molecule has 2 aromatic carbocycles. The fraction of sp³-hybridized carbons (Fsp3) is 0.308. The van der Waals surface area contributed by atoms with Gasteiger partial charge >= 0.3 is 5.97 Å². The Bertz CT molecular complexity index is 956. The van der Waals surface area contributed by atoms with Gasteiger partial charge in [-0.2, -0.15) is 0 Å². The number of ether oxygens (including phenoxy) is 2. The van der Waals surface area contributed by atoms with Crippen LogP contribution in [-0.4, -0.2) is 44.4 Å². The van der Waals surface area contributed by atoms with E-state index in [4.69, 9.17) is 9.47 Å². The Labute approximate surface area is 184 Å². The molecule has 3 rings (SSSR count). The van der Waals surface area contributed by atoms with E-state index in [1.54, 1.807) is 25.3 Å². The number of esters is 1. The second-order valence-corrected chi connectivity index (χ2v) is 7.98. The van der Waals surface area contributed by atoms with Crippen LogP contribution >= 0.6 is 0 Å². The van der Waals surface area contributed by atoms with E-state index in [0.717, 1.165) is 48.3 Å². The van der Waals surface area contributed by atoms with Crippen molar-refractivity contribution in [2.45, 2.75) is 19.3 Å². The average Bonchev–Trinajstić information content (AvgIpc) is 2.76. The van der Waals surface area contributed by atoms with E-state index in [1.807, 2.05) is 56.6 Å². The van der Waals surface area contributed by atoms with Crippen molar-refractivity contribution in [3.05, 3.63) is 71.3 Å². The number of methoxy groups -OCH3 is 1. The Morgan fingerprint density at radius 2 is 1.68 bits per heavy atom. The Hall–Kier alpha value is -3.18. The second kappa shape index (κ2) is 10.7. The third-order valence-electron chi connectivity index (χ3n) is 5.24. The summed E-state index contributed by atoms with van der Waals surface area (Å²) >= 11 is 0. The first kappa shape index (κ1) is 22.5. The molecule has 0 bridgehead atoms. The van der Waals surface area contributed by atoms with Crippen molar-refractivity contribution in [1.82, 2.24) is 4.90 Å². The molecule has 162 valence electrons. The highest BCUT2D eigenvalue weighted by atomic mass is 16.5. The number of carbonyl (C=O) groups excluding carboxylic acids is 2. The number of Topliss-reactive ketones (excluding diaryl/α,β-unsaturated/α-hetero) is 1. The van der Waals surface area contributed by atoms with Crippen LogP contribution in [0.3, 0.4) is 0 Å². The van der Waals surface area contributed by atoms with E-state index in [1.165, 1.54) is 6.08 Å². The van der Waals surface area contributed by atoms with Crippen LogP contribution in [0.25, 0.3) is 12.2 Å². The number of allylic oxidation sites excluding steroid dienone is 1. The minimum absolute atomic E-state index is 0.0766. The first-order chi connectivity index (χ1) is 14.9. The van der Waals surface area contributed by atoms with Crippen molar-refractivity contribution in [2.75, 3.05) is 27.7 Å². The first-order valence-electron chi connectivity index (χ1n) is 10.5. The zero-order chi connectivity index (χ0) is 22.2. The summed E-state index contributed by atoms with van der Waals surface area (Å²) in [5.41, 5.74) is 2.69. The van der Waals surface area contributed by atoms with Gasteiger partial charge in [-0.05, 0) is 86.5 Å². The summed E-state index contributed by atoms with van der Waals surface area (Å²) in [6.45, 7) is 0.787. The molecule has 1 unspecified atom stereocenters. The summed E-state index contributed by atoms with van der Waals surface area (Å²) in [6.07, 6.45) is 7.84. The lowest BCUT2D eigenvalue weighted by Gasteiger charge is -2.25. The number of benzene rings is 2. The molecule has 2 aromatic rings. The van der Waals surface area contributed by atoms with Crippen molar-refractivity contribution >= 4 is 23.9 Å². The number of rotatable bonds is 7. The van der Waals surface area contributed by atoms with Gasteiger partial charge in [0, 0.05) is 18.5 Å². The Kier molecular flexibility index (Phi) is 7.79. The molecule has 5 heteroatoms. The number of hydrogen-bond acceptors (Lipinski definition) is 5. The van der Waals surface area contributed by atoms with Gasteiger partial charge in [0.2, 0.25) is 0 Å². The molecule has 0 N–H and O–H groups in total. The molecule has 0 radical (unpaired) electrons. The molecule has 1 atom stereocenters. The summed E-state index contributed by atoms with van der Waals surface area (Å²) in [5, 5.41) is 0. The van der Waals surface area contributed by atoms with Crippen LogP contribution in [-0.2, 0) is 9.59 Å². The van der Waals surface area contributed by atoms with Crippen LogP contribution in [0.1, 0.15) is 30.4 Å². The zero-order valence-electron chi connectivity index (χ0n) is 18.3. The highest BCUT2D eigenvalue weighted by molar-refractivity contribution is 6.01. The Balaban J connectivity index is 1.59. The van der Waals surface area contributed by atoms with E-state index >= 15 is 0 Å². The maximum absolute atomic E-state index is 12.7. The molecule has 1 saturated carbocycles. The third kappa shape index (κ3) is 6.66. The van der Waals surface area contributed by atoms with E-state index in [2.05, 4.69) is 4.90 Å². The van der Waals surface area contributed by atoms with Crippen LogP contribution < -0.4 is 9.47 Å². The molecule has 0 aromatic heterocycles. The molecule has 0 amide bonds. The Morgan fingerprint density at radius 3 is 2.32 bits per heavy atom. The van der Waals surface area contributed by atoms with Crippen molar-refractivity contribution in [2.24, 2.45) is 5.92 Å². The lowest BCUT2D eigenvalue weighted by atomic mass is 9.83. The van der Waals surface area contributed by atoms with Crippen molar-refractivity contribution in [1.29, 1.82) is 0 Å². The summed E-state index contributed by atoms with van der Waals surface area (Å²) in [4.78, 5) is 26.9. The van der Waals surface area contributed by atoms with E-state index < -0.39 is 5.97 Å². The molecule has 0 heterocycles. The summed E-state index contributed by atoms with van der Waals surface area (Å²) in [7, 11) is 5.60. The third-order valence-corrected chi connectivity index (χ3v) is 5.24. The lowest BCUT2D eigenvalue weighted by molar-refractivity contribution is -0.129. The van der Waals surface area contributed by atoms with Crippen LogP contribution in [0.15, 0.2) is 60.2 Å². The van der Waals surface area contributed by atoms with Gasteiger partial charge in [-0.25, -0.2) is 4.79 Å². The van der Waals surface area contributed by atoms with Gasteiger partial charge in [0.25, 0.3) is 0 Å². The molecule has 1 fully saturated rings. The van der Waals surface area contributed by atoms with E-state index in [9.17, 15) is 9.59 Å². The predicted octanol–water partition coefficient (Wildman–Crippen LogP) is 4.63. The lowest BCUT2D eigenvalue weighted by Crippen LogP contribution is -2.31. The normalized spacial score (nSPS) is 18.0. The summed E-state index contributed by atoms with van der Waals surface area (Å²) < 4.78 is 10.5. The van der Waals surface area contributed by atoms with Gasteiger partial charge in [-0.15, -0.1) is 0 Å². The van der Waals surface area contributed by atoms with Gasteiger partial charge in [0.15, 0.2) is 5.78 Å². The standard InChI is InChI=1S/C26H29NO4/c1-27(2)18-22-6-4-5-21(26(22)29)17-20-9-14-24(15-10-20)31-25(28)16-11-19-7-12-23(30-3)13-8-19/h7-17,22H,4-6,18H2,1-3H3/b16-11+,21-17+. The van der Waals surface area contributed by atoms with Gasteiger partial charge < -0.3 is 14.4 Å². The van der Waals surface area contributed by atoms with Crippen LogP contribution in [0.2, 0.25) is 0 Å². The molecule has 1 aliphatic rings. The number of carbonyl (C=O) groups is 2. The maximum atomic E-state index is 12.7. The number of hydrogen-bond donors (Lipinski definition) is 0. The zero-order valence-corrected chi connectivity index (χ0v) is 18.3. The van der Waals surface area contributed by atoms with E-state index in [0.29, 0.717) is 5.75 Å². The maximum Gasteiger partial charge on any atom is 0.336 e.